The molecule has 2 atom stereocenters. The van der Waals surface area contributed by atoms with Crippen LogP contribution in [0.4, 0.5) is 0 Å². The highest BCUT2D eigenvalue weighted by Crippen LogP contribution is 2.25. The first-order valence-corrected chi connectivity index (χ1v) is 8.66. The van der Waals surface area contributed by atoms with Crippen LogP contribution in [0, 0.1) is 0 Å². The fourth-order valence-electron chi connectivity index (χ4n) is 2.84. The Morgan fingerprint density at radius 2 is 1.44 bits per heavy atom. The minimum Gasteiger partial charge on any atom is -0.453 e. The topological polar surface area (TPSA) is 80.8 Å². The Morgan fingerprint density at radius 3 is 1.96 bits per heavy atom. The van der Waals surface area contributed by atoms with Crippen LogP contribution in [-0.2, 0) is 9.53 Å². The average Bonchev–Trinajstić information content (AvgIpc) is 2.92. The van der Waals surface area contributed by atoms with Crippen molar-refractivity contribution in [3.63, 3.8) is 0 Å². The summed E-state index contributed by atoms with van der Waals surface area (Å²) in [5, 5.41) is 0.482. The van der Waals surface area contributed by atoms with Crippen molar-refractivity contribution in [1.29, 1.82) is 0 Å². The van der Waals surface area contributed by atoms with Gasteiger partial charge in [-0.1, -0.05) is 23.7 Å². The van der Waals surface area contributed by atoms with E-state index in [1.165, 1.54) is 38.1 Å². The van der Waals surface area contributed by atoms with Gasteiger partial charge in [0.05, 0.1) is 11.1 Å². The largest absolute Gasteiger partial charge is 0.453 e. The molecule has 0 spiro atoms. The molecule has 2 aromatic rings. The summed E-state index contributed by atoms with van der Waals surface area (Å²) < 4.78 is 5.20. The van der Waals surface area contributed by atoms with Crippen LogP contribution < -0.4 is 0 Å². The molecule has 2 aromatic carbocycles. The van der Waals surface area contributed by atoms with Gasteiger partial charge in [0, 0.05) is 10.6 Å². The Bertz CT molecular complexity index is 903. The number of hydrogen-bond acceptors (Lipinski definition) is 5. The number of imide groups is 1. The van der Waals surface area contributed by atoms with Crippen molar-refractivity contribution < 1.29 is 23.9 Å². The predicted octanol–water partition coefficient (Wildman–Crippen LogP) is 3.14. The summed E-state index contributed by atoms with van der Waals surface area (Å²) >= 11 is 5.79. The molecule has 3 rings (SSSR count). The van der Waals surface area contributed by atoms with Gasteiger partial charge in [0.2, 0.25) is 5.78 Å². The first-order valence-electron chi connectivity index (χ1n) is 8.28. The van der Waals surface area contributed by atoms with Gasteiger partial charge in [-0.25, -0.2) is 4.79 Å². The summed E-state index contributed by atoms with van der Waals surface area (Å²) in [4.78, 5) is 50.5. The quantitative estimate of drug-likeness (QED) is 0.448. The Kier molecular flexibility index (Phi) is 5.10. The lowest BCUT2D eigenvalue weighted by Gasteiger charge is -2.22. The molecule has 1 heterocycles. The number of benzene rings is 2. The second-order valence-electron chi connectivity index (χ2n) is 6.15. The summed E-state index contributed by atoms with van der Waals surface area (Å²) in [5.74, 6) is -2.36. The predicted molar refractivity (Wildman–Crippen MR) is 97.7 cm³/mol. The third-order valence-electron chi connectivity index (χ3n) is 4.34. The molecule has 138 valence electrons. The second kappa shape index (κ2) is 7.32. The fraction of sp³-hybridized carbons (Fsp3) is 0.200. The molecular weight excluding hydrogens is 370 g/mol. The Balaban J connectivity index is 1.71. The number of esters is 1. The van der Waals surface area contributed by atoms with Gasteiger partial charge >= 0.3 is 5.97 Å². The summed E-state index contributed by atoms with van der Waals surface area (Å²) in [5.41, 5.74) is 0.827. The Morgan fingerprint density at radius 1 is 0.926 bits per heavy atom. The molecule has 1 aliphatic rings. The molecule has 0 bridgehead atoms. The van der Waals surface area contributed by atoms with E-state index >= 15 is 0 Å². The number of hydrogen-bond donors (Lipinski definition) is 0. The molecule has 0 radical (unpaired) electrons. The van der Waals surface area contributed by atoms with Crippen LogP contribution >= 0.6 is 11.6 Å². The molecule has 0 N–H and O–H groups in total. The lowest BCUT2D eigenvalue weighted by atomic mass is 10.1. The minimum absolute atomic E-state index is 0.243. The Labute approximate surface area is 160 Å². The zero-order chi connectivity index (χ0) is 19.7. The van der Waals surface area contributed by atoms with Gasteiger partial charge < -0.3 is 4.74 Å². The van der Waals surface area contributed by atoms with Crippen LogP contribution in [0.3, 0.4) is 0 Å². The number of nitrogens with zero attached hydrogens (tertiary/aromatic N) is 1. The Hall–Kier alpha value is -2.99. The third kappa shape index (κ3) is 3.48. The monoisotopic (exact) mass is 385 g/mol. The van der Waals surface area contributed by atoms with Gasteiger partial charge in [-0.15, -0.1) is 0 Å². The average molecular weight is 386 g/mol. The van der Waals surface area contributed by atoms with Crippen LogP contribution in [0.1, 0.15) is 44.9 Å². The number of ether oxygens (including phenoxy) is 1. The van der Waals surface area contributed by atoms with E-state index in [1.54, 1.807) is 24.3 Å². The highest BCUT2D eigenvalue weighted by molar-refractivity contribution is 6.30. The first kappa shape index (κ1) is 18.8. The number of ketones is 1. The van der Waals surface area contributed by atoms with Crippen molar-refractivity contribution in [2.24, 2.45) is 0 Å². The van der Waals surface area contributed by atoms with E-state index in [-0.39, 0.29) is 11.1 Å². The third-order valence-corrected chi connectivity index (χ3v) is 4.60. The molecule has 0 fully saturated rings. The molecule has 0 aromatic heterocycles. The van der Waals surface area contributed by atoms with E-state index in [9.17, 15) is 19.2 Å². The highest BCUT2D eigenvalue weighted by Gasteiger charge is 2.41. The van der Waals surface area contributed by atoms with Crippen molar-refractivity contribution in [3.8, 4) is 0 Å². The van der Waals surface area contributed by atoms with E-state index in [0.29, 0.717) is 10.6 Å². The molecule has 6 nitrogen and oxygen atoms in total. The van der Waals surface area contributed by atoms with Crippen molar-refractivity contribution in [2.75, 3.05) is 0 Å². The van der Waals surface area contributed by atoms with E-state index in [4.69, 9.17) is 16.3 Å². The highest BCUT2D eigenvalue weighted by atomic mass is 35.5. The van der Waals surface area contributed by atoms with Gasteiger partial charge in [0.25, 0.3) is 11.8 Å². The van der Waals surface area contributed by atoms with Crippen LogP contribution in [-0.4, -0.2) is 40.6 Å². The maximum Gasteiger partial charge on any atom is 0.329 e. The number of Topliss-reactive ketones (excluding diaryl/α,β-unsaturated/α-hetero) is 1. The van der Waals surface area contributed by atoms with E-state index in [1.807, 2.05) is 0 Å². The molecule has 7 heteroatoms. The molecule has 1 aliphatic heterocycles. The SMILES string of the molecule is C[C@H](OC(=O)[C@H](C)N1C(=O)c2ccccc2C1=O)C(=O)c1ccc(Cl)cc1. The summed E-state index contributed by atoms with van der Waals surface area (Å²) in [7, 11) is 0. The number of amides is 2. The molecular formula is C20H16ClNO5. The maximum atomic E-state index is 12.4. The van der Waals surface area contributed by atoms with E-state index < -0.39 is 35.7 Å². The van der Waals surface area contributed by atoms with Gasteiger partial charge in [-0.2, -0.15) is 0 Å². The number of halogens is 1. The number of carbonyl (C=O) groups excluding carboxylic acids is 4. The normalized spacial score (nSPS) is 15.3. The molecule has 0 aliphatic carbocycles. The maximum absolute atomic E-state index is 12.4. The molecule has 0 unspecified atom stereocenters. The summed E-state index contributed by atoms with van der Waals surface area (Å²) in [6, 6.07) is 11.4. The van der Waals surface area contributed by atoms with Gasteiger partial charge in [0.1, 0.15) is 6.04 Å². The fourth-order valence-corrected chi connectivity index (χ4v) is 2.97. The minimum atomic E-state index is -1.15. The van der Waals surface area contributed by atoms with Crippen LogP contribution in [0.2, 0.25) is 5.02 Å². The van der Waals surface area contributed by atoms with Crippen molar-refractivity contribution in [2.45, 2.75) is 26.0 Å². The lowest BCUT2D eigenvalue weighted by molar-refractivity contribution is -0.150. The van der Waals surface area contributed by atoms with Crippen LogP contribution in [0.15, 0.2) is 48.5 Å². The molecule has 0 saturated heterocycles. The zero-order valence-electron chi connectivity index (χ0n) is 14.6. The zero-order valence-corrected chi connectivity index (χ0v) is 15.4. The van der Waals surface area contributed by atoms with Crippen LogP contribution in [0.5, 0.6) is 0 Å². The van der Waals surface area contributed by atoms with Gasteiger partial charge in [0.15, 0.2) is 6.10 Å². The first-order chi connectivity index (χ1) is 12.8. The lowest BCUT2D eigenvalue weighted by Crippen LogP contribution is -2.45. The number of carbonyl (C=O) groups is 4. The smallest absolute Gasteiger partial charge is 0.329 e. The van der Waals surface area contributed by atoms with Crippen LogP contribution in [0.25, 0.3) is 0 Å². The van der Waals surface area contributed by atoms with Gasteiger partial charge in [-0.3, -0.25) is 19.3 Å². The van der Waals surface area contributed by atoms with Crippen molar-refractivity contribution in [3.05, 3.63) is 70.2 Å². The molecule has 0 saturated carbocycles. The summed E-state index contributed by atoms with van der Waals surface area (Å²) in [6.07, 6.45) is -1.07. The van der Waals surface area contributed by atoms with Crippen molar-refractivity contribution >= 4 is 35.2 Å². The number of rotatable bonds is 5. The molecule has 27 heavy (non-hydrogen) atoms. The van der Waals surface area contributed by atoms with E-state index in [0.717, 1.165) is 4.90 Å². The van der Waals surface area contributed by atoms with Gasteiger partial charge in [-0.05, 0) is 50.2 Å². The second-order valence-corrected chi connectivity index (χ2v) is 6.59. The van der Waals surface area contributed by atoms with E-state index in [2.05, 4.69) is 0 Å². The number of fused-ring (bicyclic) bond motifs is 1. The molecule has 2 amide bonds. The summed E-state index contributed by atoms with van der Waals surface area (Å²) in [6.45, 7) is 2.83. The van der Waals surface area contributed by atoms with Crippen molar-refractivity contribution in [1.82, 2.24) is 4.90 Å². The standard InChI is InChI=1S/C20H16ClNO5/c1-11(22-18(24)15-5-3-4-6-16(15)19(22)25)20(26)27-12(2)17(23)13-7-9-14(21)10-8-13/h3-12H,1-2H3/t11-,12-/m0/s1.